The van der Waals surface area contributed by atoms with Gasteiger partial charge in [0, 0.05) is 5.69 Å². The number of benzene rings is 1. The maximum Gasteiger partial charge on any atom is 0.294 e. The molecule has 9 heteroatoms. The number of aryl methyl sites for hydroxylation is 1. The second-order valence-corrected chi connectivity index (χ2v) is 5.07. The van der Waals surface area contributed by atoms with Crippen LogP contribution < -0.4 is 16.7 Å². The van der Waals surface area contributed by atoms with Gasteiger partial charge in [-0.1, -0.05) is 11.8 Å². The highest BCUT2D eigenvalue weighted by Crippen LogP contribution is 2.15. The van der Waals surface area contributed by atoms with E-state index in [1.54, 1.807) is 12.1 Å². The Kier molecular flexibility index (Phi) is 4.43. The molecule has 0 atom stereocenters. The lowest BCUT2D eigenvalue weighted by Crippen LogP contribution is -2.32. The fourth-order valence-electron chi connectivity index (χ4n) is 1.44. The van der Waals surface area contributed by atoms with Crippen molar-refractivity contribution in [1.82, 2.24) is 14.9 Å². The number of rotatable bonds is 4. The van der Waals surface area contributed by atoms with Gasteiger partial charge in [-0.05, 0) is 31.2 Å². The van der Waals surface area contributed by atoms with Crippen molar-refractivity contribution in [3.63, 3.8) is 0 Å². The molecule has 0 radical (unpaired) electrons. The summed E-state index contributed by atoms with van der Waals surface area (Å²) < 4.78 is 0.862. The van der Waals surface area contributed by atoms with E-state index in [1.165, 1.54) is 19.1 Å². The van der Waals surface area contributed by atoms with Crippen LogP contribution in [0, 0.1) is 6.92 Å². The van der Waals surface area contributed by atoms with Gasteiger partial charge in [-0.15, -0.1) is 10.2 Å². The van der Waals surface area contributed by atoms with Crippen molar-refractivity contribution in [3.05, 3.63) is 40.3 Å². The van der Waals surface area contributed by atoms with Gasteiger partial charge < -0.3 is 16.3 Å². The number of thioether (sulfide) groups is 1. The maximum absolute atomic E-state index is 11.8. The van der Waals surface area contributed by atoms with Crippen LogP contribution in [0.5, 0.6) is 5.75 Å². The molecule has 1 amide bonds. The van der Waals surface area contributed by atoms with Crippen molar-refractivity contribution in [2.75, 3.05) is 16.9 Å². The summed E-state index contributed by atoms with van der Waals surface area (Å²) in [7, 11) is 0. The molecular formula is C12H13N5O3S. The highest BCUT2D eigenvalue weighted by atomic mass is 32.2. The summed E-state index contributed by atoms with van der Waals surface area (Å²) in [5, 5.41) is 19.4. The monoisotopic (exact) mass is 307 g/mol. The fourth-order valence-corrected chi connectivity index (χ4v) is 2.09. The molecule has 0 saturated heterocycles. The summed E-state index contributed by atoms with van der Waals surface area (Å²) in [4.78, 5) is 23.3. The third kappa shape index (κ3) is 3.72. The Bertz CT molecular complexity index is 714. The van der Waals surface area contributed by atoms with Gasteiger partial charge in [0.2, 0.25) is 11.1 Å². The van der Waals surface area contributed by atoms with Crippen LogP contribution in [0.25, 0.3) is 0 Å². The number of nitrogens with zero attached hydrogens (tertiary/aromatic N) is 3. The smallest absolute Gasteiger partial charge is 0.294 e. The van der Waals surface area contributed by atoms with E-state index < -0.39 is 5.56 Å². The second kappa shape index (κ2) is 6.27. The Labute approximate surface area is 124 Å². The van der Waals surface area contributed by atoms with Gasteiger partial charge in [0.05, 0.1) is 5.75 Å². The topological polar surface area (TPSA) is 123 Å². The van der Waals surface area contributed by atoms with E-state index in [4.69, 9.17) is 10.9 Å². The van der Waals surface area contributed by atoms with E-state index in [-0.39, 0.29) is 28.3 Å². The molecule has 1 heterocycles. The van der Waals surface area contributed by atoms with E-state index in [0.29, 0.717) is 5.69 Å². The lowest BCUT2D eigenvalue weighted by molar-refractivity contribution is -0.113. The van der Waals surface area contributed by atoms with E-state index in [0.717, 1.165) is 16.4 Å². The Balaban J connectivity index is 1.97. The molecule has 0 aliphatic heterocycles. The Morgan fingerprint density at radius 2 is 2.05 bits per heavy atom. The quantitative estimate of drug-likeness (QED) is 0.416. The maximum atomic E-state index is 11.8. The standard InChI is InChI=1S/C12H13N5O3S/c1-7-11(20)17(13)12(16-15-7)21-6-10(19)14-8-2-4-9(18)5-3-8/h2-5,18H,6,13H2,1H3,(H,14,19). The minimum Gasteiger partial charge on any atom is -0.508 e. The second-order valence-electron chi connectivity index (χ2n) is 4.13. The van der Waals surface area contributed by atoms with Crippen molar-refractivity contribution in [2.45, 2.75) is 12.1 Å². The number of hydrogen-bond donors (Lipinski definition) is 3. The molecule has 0 unspecified atom stereocenters. The fraction of sp³-hybridized carbons (Fsp3) is 0.167. The minimum atomic E-state index is -0.452. The number of phenols is 1. The predicted octanol–water partition coefficient (Wildman–Crippen LogP) is 0.0969. The molecule has 0 spiro atoms. The zero-order valence-corrected chi connectivity index (χ0v) is 11.9. The number of hydrogen-bond acceptors (Lipinski definition) is 7. The first-order valence-electron chi connectivity index (χ1n) is 5.90. The first kappa shape index (κ1) is 14.9. The number of aromatic nitrogens is 3. The molecule has 2 rings (SSSR count). The molecule has 0 bridgehead atoms. The molecular weight excluding hydrogens is 294 g/mol. The molecule has 1 aromatic heterocycles. The van der Waals surface area contributed by atoms with E-state index in [2.05, 4.69) is 15.5 Å². The molecule has 0 fully saturated rings. The summed E-state index contributed by atoms with van der Waals surface area (Å²) in [5.74, 6) is 5.41. The van der Waals surface area contributed by atoms with Gasteiger partial charge >= 0.3 is 0 Å². The predicted molar refractivity (Wildman–Crippen MR) is 78.6 cm³/mol. The zero-order chi connectivity index (χ0) is 15.4. The van der Waals surface area contributed by atoms with Gasteiger partial charge in [0.15, 0.2) is 0 Å². The van der Waals surface area contributed by atoms with Gasteiger partial charge in [-0.25, -0.2) is 0 Å². The zero-order valence-electron chi connectivity index (χ0n) is 11.1. The largest absolute Gasteiger partial charge is 0.508 e. The summed E-state index contributed by atoms with van der Waals surface area (Å²) in [6.07, 6.45) is 0. The number of nitrogens with one attached hydrogen (secondary N) is 1. The summed E-state index contributed by atoms with van der Waals surface area (Å²) in [6, 6.07) is 6.07. The molecule has 1 aromatic carbocycles. The molecule has 110 valence electrons. The molecule has 0 aliphatic carbocycles. The molecule has 0 aliphatic rings. The first-order valence-corrected chi connectivity index (χ1v) is 6.89. The van der Waals surface area contributed by atoms with Crippen molar-refractivity contribution in [3.8, 4) is 5.75 Å². The van der Waals surface area contributed by atoms with Crippen molar-refractivity contribution in [2.24, 2.45) is 0 Å². The van der Waals surface area contributed by atoms with Crippen LogP contribution in [0.2, 0.25) is 0 Å². The van der Waals surface area contributed by atoms with Gasteiger partial charge in [0.25, 0.3) is 5.56 Å². The van der Waals surface area contributed by atoms with Gasteiger partial charge in [-0.2, -0.15) is 4.68 Å². The number of carbonyl (C=O) groups is 1. The van der Waals surface area contributed by atoms with E-state index >= 15 is 0 Å². The number of nitrogens with two attached hydrogens (primary N) is 1. The van der Waals surface area contributed by atoms with Crippen LogP contribution in [0.3, 0.4) is 0 Å². The molecule has 0 saturated carbocycles. The Morgan fingerprint density at radius 3 is 2.71 bits per heavy atom. The average molecular weight is 307 g/mol. The first-order chi connectivity index (χ1) is 9.97. The Morgan fingerprint density at radius 1 is 1.38 bits per heavy atom. The summed E-state index contributed by atoms with van der Waals surface area (Å²) >= 11 is 1.00. The average Bonchev–Trinajstić information content (AvgIpc) is 2.46. The van der Waals surface area contributed by atoms with Crippen LogP contribution in [0.15, 0.2) is 34.2 Å². The van der Waals surface area contributed by atoms with Crippen LogP contribution in [0.1, 0.15) is 5.69 Å². The highest BCUT2D eigenvalue weighted by Gasteiger charge is 2.10. The van der Waals surface area contributed by atoms with Crippen LogP contribution in [-0.4, -0.2) is 31.6 Å². The lowest BCUT2D eigenvalue weighted by atomic mass is 10.3. The SMILES string of the molecule is Cc1nnc(SCC(=O)Nc2ccc(O)cc2)n(N)c1=O. The number of aromatic hydroxyl groups is 1. The molecule has 4 N–H and O–H groups in total. The molecule has 8 nitrogen and oxygen atoms in total. The normalized spacial score (nSPS) is 10.3. The lowest BCUT2D eigenvalue weighted by Gasteiger charge is -2.07. The molecule has 21 heavy (non-hydrogen) atoms. The van der Waals surface area contributed by atoms with Crippen molar-refractivity contribution < 1.29 is 9.90 Å². The number of amides is 1. The van der Waals surface area contributed by atoms with E-state index in [1.807, 2.05) is 0 Å². The summed E-state index contributed by atoms with van der Waals surface area (Å²) in [5.41, 5.74) is 0.292. The van der Waals surface area contributed by atoms with Crippen molar-refractivity contribution in [1.29, 1.82) is 0 Å². The number of nitrogen functional groups attached to an aromatic ring is 1. The van der Waals surface area contributed by atoms with Crippen LogP contribution in [-0.2, 0) is 4.79 Å². The third-order valence-electron chi connectivity index (χ3n) is 2.50. The summed E-state index contributed by atoms with van der Waals surface area (Å²) in [6.45, 7) is 1.50. The molecule has 2 aromatic rings. The Hall–Kier alpha value is -2.55. The van der Waals surface area contributed by atoms with Crippen molar-refractivity contribution >= 4 is 23.4 Å². The number of phenolic OH excluding ortho intramolecular Hbond substituents is 1. The minimum absolute atomic E-state index is 0.0231. The van der Waals surface area contributed by atoms with Crippen LogP contribution in [0.4, 0.5) is 5.69 Å². The highest BCUT2D eigenvalue weighted by molar-refractivity contribution is 7.99. The van der Waals surface area contributed by atoms with Gasteiger partial charge in [0.1, 0.15) is 11.4 Å². The van der Waals surface area contributed by atoms with Gasteiger partial charge in [-0.3, -0.25) is 9.59 Å². The van der Waals surface area contributed by atoms with E-state index in [9.17, 15) is 9.59 Å². The van der Waals surface area contributed by atoms with Crippen LogP contribution >= 0.6 is 11.8 Å². The third-order valence-corrected chi connectivity index (χ3v) is 3.45. The number of anilines is 1. The number of carbonyl (C=O) groups excluding carboxylic acids is 1.